The van der Waals surface area contributed by atoms with Crippen molar-refractivity contribution >= 4 is 15.7 Å². The van der Waals surface area contributed by atoms with Gasteiger partial charge < -0.3 is 9.64 Å². The average Bonchev–Trinajstić information content (AvgIpc) is 2.69. The van der Waals surface area contributed by atoms with Crippen molar-refractivity contribution in [1.82, 2.24) is 4.31 Å². The minimum absolute atomic E-state index is 0.0733. The smallest absolute Gasteiger partial charge is 0.269 e. The number of ether oxygens (including phenoxy) is 1. The maximum atomic E-state index is 12.8. The highest BCUT2D eigenvalue weighted by Crippen LogP contribution is 2.19. The first kappa shape index (κ1) is 19.3. The van der Waals surface area contributed by atoms with Gasteiger partial charge in [0.1, 0.15) is 12.3 Å². The summed E-state index contributed by atoms with van der Waals surface area (Å²) in [5.41, 5.74) is 1.08. The zero-order chi connectivity index (χ0) is 19.4. The van der Waals surface area contributed by atoms with Gasteiger partial charge in [-0.3, -0.25) is 10.1 Å². The number of rotatable bonds is 6. The third-order valence-electron chi connectivity index (χ3n) is 4.73. The fourth-order valence-electron chi connectivity index (χ4n) is 3.14. The molecule has 2 aromatic carbocycles. The van der Waals surface area contributed by atoms with E-state index in [1.165, 1.54) is 28.4 Å². The summed E-state index contributed by atoms with van der Waals surface area (Å²) in [6.07, 6.45) is 0. The molecular formula is C18H22N3O5S+. The van der Waals surface area contributed by atoms with Crippen LogP contribution in [0.25, 0.3) is 0 Å². The summed E-state index contributed by atoms with van der Waals surface area (Å²) in [7, 11) is -1.97. The summed E-state index contributed by atoms with van der Waals surface area (Å²) in [6, 6.07) is 12.9. The van der Waals surface area contributed by atoms with E-state index in [0.717, 1.165) is 5.56 Å². The second-order valence-electron chi connectivity index (χ2n) is 6.43. The largest absolute Gasteiger partial charge is 0.497 e. The van der Waals surface area contributed by atoms with Gasteiger partial charge >= 0.3 is 0 Å². The molecule has 1 N–H and O–H groups in total. The molecule has 1 fully saturated rings. The van der Waals surface area contributed by atoms with Crippen LogP contribution in [0.4, 0.5) is 5.69 Å². The molecule has 0 amide bonds. The highest BCUT2D eigenvalue weighted by atomic mass is 32.2. The molecule has 0 bridgehead atoms. The Kier molecular flexibility index (Phi) is 5.73. The normalized spacial score (nSPS) is 16.2. The van der Waals surface area contributed by atoms with Gasteiger partial charge in [0.2, 0.25) is 10.0 Å². The van der Waals surface area contributed by atoms with Crippen molar-refractivity contribution in [3.63, 3.8) is 0 Å². The van der Waals surface area contributed by atoms with Crippen molar-refractivity contribution in [1.29, 1.82) is 0 Å². The number of hydrogen-bond acceptors (Lipinski definition) is 5. The van der Waals surface area contributed by atoms with E-state index in [1.54, 1.807) is 36.4 Å². The molecule has 0 aromatic heterocycles. The lowest BCUT2D eigenvalue weighted by molar-refractivity contribution is -0.917. The van der Waals surface area contributed by atoms with E-state index >= 15 is 0 Å². The highest BCUT2D eigenvalue weighted by molar-refractivity contribution is 7.89. The summed E-state index contributed by atoms with van der Waals surface area (Å²) in [6.45, 7) is 2.97. The fourth-order valence-corrected chi connectivity index (χ4v) is 4.58. The summed E-state index contributed by atoms with van der Waals surface area (Å²) < 4.78 is 32.1. The van der Waals surface area contributed by atoms with Crippen LogP contribution in [0.2, 0.25) is 0 Å². The van der Waals surface area contributed by atoms with Crippen LogP contribution in [-0.2, 0) is 16.6 Å². The first-order valence-corrected chi connectivity index (χ1v) is 10.1. The maximum absolute atomic E-state index is 12.8. The topological polar surface area (TPSA) is 94.2 Å². The third-order valence-corrected chi connectivity index (χ3v) is 6.64. The van der Waals surface area contributed by atoms with E-state index in [9.17, 15) is 18.5 Å². The molecule has 3 rings (SSSR count). The first-order valence-electron chi connectivity index (χ1n) is 8.61. The summed E-state index contributed by atoms with van der Waals surface area (Å²) in [4.78, 5) is 11.8. The average molecular weight is 392 g/mol. The van der Waals surface area contributed by atoms with Crippen molar-refractivity contribution in [2.75, 3.05) is 33.3 Å². The van der Waals surface area contributed by atoms with Crippen LogP contribution in [-0.4, -0.2) is 50.9 Å². The number of methoxy groups -OCH3 is 1. The molecule has 0 aliphatic carbocycles. The molecule has 0 unspecified atom stereocenters. The number of sulfonamides is 1. The maximum Gasteiger partial charge on any atom is 0.269 e. The number of non-ortho nitro benzene ring substituents is 1. The first-order chi connectivity index (χ1) is 12.9. The number of nitrogens with zero attached hydrogens (tertiary/aromatic N) is 2. The predicted molar refractivity (Wildman–Crippen MR) is 99.2 cm³/mol. The molecule has 2 aromatic rings. The number of benzene rings is 2. The van der Waals surface area contributed by atoms with Gasteiger partial charge in [-0.1, -0.05) is 0 Å². The molecular weight excluding hydrogens is 370 g/mol. The quantitative estimate of drug-likeness (QED) is 0.577. The Morgan fingerprint density at radius 3 is 2.19 bits per heavy atom. The van der Waals surface area contributed by atoms with Crippen molar-refractivity contribution in [3.8, 4) is 5.75 Å². The van der Waals surface area contributed by atoms with Gasteiger partial charge in [-0.2, -0.15) is 4.31 Å². The van der Waals surface area contributed by atoms with Crippen LogP contribution in [0.5, 0.6) is 5.75 Å². The van der Waals surface area contributed by atoms with E-state index < -0.39 is 14.9 Å². The zero-order valence-corrected chi connectivity index (χ0v) is 15.8. The minimum atomic E-state index is -3.51. The summed E-state index contributed by atoms with van der Waals surface area (Å²) in [5, 5.41) is 10.7. The Bertz CT molecular complexity index is 890. The zero-order valence-electron chi connectivity index (χ0n) is 15.0. The fraction of sp³-hybridized carbons (Fsp3) is 0.333. The van der Waals surface area contributed by atoms with Crippen LogP contribution in [0, 0.1) is 10.1 Å². The number of nitrogens with one attached hydrogen (secondary N) is 1. The Hall–Kier alpha value is -2.49. The molecule has 8 nitrogen and oxygen atoms in total. The van der Waals surface area contributed by atoms with E-state index in [2.05, 4.69) is 0 Å². The number of nitro benzene ring substituents is 1. The molecule has 1 heterocycles. The van der Waals surface area contributed by atoms with Crippen LogP contribution in [0.1, 0.15) is 5.56 Å². The molecule has 27 heavy (non-hydrogen) atoms. The van der Waals surface area contributed by atoms with Gasteiger partial charge in [0.15, 0.2) is 0 Å². The number of hydrogen-bond donors (Lipinski definition) is 1. The SMILES string of the molecule is COc1ccc(S(=O)(=O)N2CC[NH+](Cc3ccc([N+](=O)[O-])cc3)CC2)cc1. The third kappa shape index (κ3) is 4.44. The Morgan fingerprint density at radius 1 is 1.07 bits per heavy atom. The number of quaternary nitrogens is 1. The van der Waals surface area contributed by atoms with Gasteiger partial charge in [0.05, 0.1) is 43.1 Å². The molecule has 1 aliphatic rings. The van der Waals surface area contributed by atoms with E-state index in [1.807, 2.05) is 0 Å². The standard InChI is InChI=1S/C18H21N3O5S/c1-26-17-6-8-18(9-7-17)27(24,25)20-12-10-19(11-13-20)14-15-2-4-16(5-3-15)21(22)23/h2-9H,10-14H2,1H3/p+1. The molecule has 1 saturated heterocycles. The minimum Gasteiger partial charge on any atom is -0.497 e. The second-order valence-corrected chi connectivity index (χ2v) is 8.37. The molecule has 0 atom stereocenters. The molecule has 9 heteroatoms. The summed E-state index contributed by atoms with van der Waals surface area (Å²) in [5.74, 6) is 0.617. The predicted octanol–water partition coefficient (Wildman–Crippen LogP) is 0.693. The lowest BCUT2D eigenvalue weighted by Crippen LogP contribution is -3.13. The van der Waals surface area contributed by atoms with Crippen LogP contribution in [0.3, 0.4) is 0 Å². The van der Waals surface area contributed by atoms with E-state index in [-0.39, 0.29) is 10.6 Å². The van der Waals surface area contributed by atoms with Gasteiger partial charge in [-0.25, -0.2) is 8.42 Å². The van der Waals surface area contributed by atoms with Crippen molar-refractivity contribution in [2.45, 2.75) is 11.4 Å². The van der Waals surface area contributed by atoms with Gasteiger partial charge in [-0.15, -0.1) is 0 Å². The molecule has 0 saturated carbocycles. The lowest BCUT2D eigenvalue weighted by atomic mass is 10.2. The molecule has 0 radical (unpaired) electrons. The molecule has 144 valence electrons. The monoisotopic (exact) mass is 392 g/mol. The second kappa shape index (κ2) is 8.03. The molecule has 1 aliphatic heterocycles. The van der Waals surface area contributed by atoms with Gasteiger partial charge in [-0.05, 0) is 36.4 Å². The van der Waals surface area contributed by atoms with Crippen LogP contribution >= 0.6 is 0 Å². The lowest BCUT2D eigenvalue weighted by Gasteiger charge is -2.31. The van der Waals surface area contributed by atoms with Crippen molar-refractivity contribution in [2.24, 2.45) is 0 Å². The summed E-state index contributed by atoms with van der Waals surface area (Å²) >= 11 is 0. The van der Waals surface area contributed by atoms with E-state index in [0.29, 0.717) is 38.5 Å². The van der Waals surface area contributed by atoms with E-state index in [4.69, 9.17) is 4.74 Å². The van der Waals surface area contributed by atoms with Crippen LogP contribution < -0.4 is 9.64 Å². The highest BCUT2D eigenvalue weighted by Gasteiger charge is 2.30. The van der Waals surface area contributed by atoms with Gasteiger partial charge in [0.25, 0.3) is 5.69 Å². The Balaban J connectivity index is 1.59. The molecule has 0 spiro atoms. The van der Waals surface area contributed by atoms with Crippen LogP contribution in [0.15, 0.2) is 53.4 Å². The number of nitro groups is 1. The van der Waals surface area contributed by atoms with Gasteiger partial charge in [0, 0.05) is 17.7 Å². The van der Waals surface area contributed by atoms with Crippen molar-refractivity contribution in [3.05, 3.63) is 64.2 Å². The Labute approximate surface area is 158 Å². The Morgan fingerprint density at radius 2 is 1.67 bits per heavy atom. The van der Waals surface area contributed by atoms with Crippen molar-refractivity contribution < 1.29 is 23.0 Å². The number of piperazine rings is 1.